The molecule has 5 nitrogen and oxygen atoms in total. The van der Waals surface area contributed by atoms with Crippen LogP contribution < -0.4 is 10.6 Å². The minimum Gasteiger partial charge on any atom is -0.387 e. The number of hydrogen-bond donors (Lipinski definition) is 2. The maximum atomic E-state index is 12.2. The standard InChI is InChI=1S/C16H12N4O/c1-19-15-5-3-2-4-14(15)16(21)20-13-7-6-11(9-17)12(8-13)10-18/h2-8,19H,1H3,(H,20,21). The summed E-state index contributed by atoms with van der Waals surface area (Å²) >= 11 is 0. The molecule has 0 atom stereocenters. The lowest BCUT2D eigenvalue weighted by Gasteiger charge is -2.10. The molecule has 0 aromatic heterocycles. The van der Waals surface area contributed by atoms with Crippen molar-refractivity contribution >= 4 is 17.3 Å². The van der Waals surface area contributed by atoms with Crippen LogP contribution in [0.5, 0.6) is 0 Å². The zero-order valence-corrected chi connectivity index (χ0v) is 11.3. The molecule has 0 radical (unpaired) electrons. The normalized spacial score (nSPS) is 9.29. The molecule has 2 N–H and O–H groups in total. The van der Waals surface area contributed by atoms with Crippen molar-refractivity contribution in [2.45, 2.75) is 0 Å². The molecular formula is C16H12N4O. The van der Waals surface area contributed by atoms with Crippen LogP contribution in [-0.4, -0.2) is 13.0 Å². The molecule has 0 saturated carbocycles. The van der Waals surface area contributed by atoms with Gasteiger partial charge in [-0.2, -0.15) is 10.5 Å². The van der Waals surface area contributed by atoms with Gasteiger partial charge in [-0.1, -0.05) is 12.1 Å². The topological polar surface area (TPSA) is 88.7 Å². The number of carbonyl (C=O) groups is 1. The van der Waals surface area contributed by atoms with Gasteiger partial charge in [-0.25, -0.2) is 0 Å². The lowest BCUT2D eigenvalue weighted by atomic mass is 10.1. The summed E-state index contributed by atoms with van der Waals surface area (Å²) in [5, 5.41) is 23.5. The second-order valence-corrected chi connectivity index (χ2v) is 4.23. The molecule has 1 amide bonds. The first-order valence-corrected chi connectivity index (χ1v) is 6.22. The Hall–Kier alpha value is -3.31. The molecule has 0 unspecified atom stereocenters. The van der Waals surface area contributed by atoms with Crippen LogP contribution in [0.3, 0.4) is 0 Å². The van der Waals surface area contributed by atoms with Gasteiger partial charge in [-0.3, -0.25) is 4.79 Å². The van der Waals surface area contributed by atoms with Crippen LogP contribution in [-0.2, 0) is 0 Å². The van der Waals surface area contributed by atoms with E-state index in [1.54, 1.807) is 31.3 Å². The smallest absolute Gasteiger partial charge is 0.257 e. The first kappa shape index (κ1) is 14.1. The molecule has 0 fully saturated rings. The van der Waals surface area contributed by atoms with Gasteiger partial charge >= 0.3 is 0 Å². The Bertz CT molecular complexity index is 769. The number of anilines is 2. The number of para-hydroxylation sites is 1. The molecule has 21 heavy (non-hydrogen) atoms. The van der Waals surface area contributed by atoms with E-state index in [0.717, 1.165) is 0 Å². The van der Waals surface area contributed by atoms with Crippen LogP contribution >= 0.6 is 0 Å². The van der Waals surface area contributed by atoms with E-state index in [1.165, 1.54) is 12.1 Å². The highest BCUT2D eigenvalue weighted by Gasteiger charge is 2.11. The van der Waals surface area contributed by atoms with Crippen molar-refractivity contribution in [3.63, 3.8) is 0 Å². The maximum Gasteiger partial charge on any atom is 0.257 e. The predicted molar refractivity (Wildman–Crippen MR) is 79.8 cm³/mol. The summed E-state index contributed by atoms with van der Waals surface area (Å²) in [7, 11) is 1.74. The SMILES string of the molecule is CNc1ccccc1C(=O)Nc1ccc(C#N)c(C#N)c1. The van der Waals surface area contributed by atoms with Crippen LogP contribution in [0.25, 0.3) is 0 Å². The fourth-order valence-electron chi connectivity index (χ4n) is 1.91. The molecule has 0 bridgehead atoms. The van der Waals surface area contributed by atoms with Crippen LogP contribution in [0.4, 0.5) is 11.4 Å². The van der Waals surface area contributed by atoms with Crippen LogP contribution in [0, 0.1) is 22.7 Å². The summed E-state index contributed by atoms with van der Waals surface area (Å²) < 4.78 is 0. The molecule has 5 heteroatoms. The lowest BCUT2D eigenvalue weighted by Crippen LogP contribution is -2.14. The molecule has 0 aliphatic carbocycles. The van der Waals surface area contributed by atoms with Crippen LogP contribution in [0.1, 0.15) is 21.5 Å². The first-order chi connectivity index (χ1) is 10.2. The second-order valence-electron chi connectivity index (χ2n) is 4.23. The van der Waals surface area contributed by atoms with Crippen molar-refractivity contribution in [2.24, 2.45) is 0 Å². The van der Waals surface area contributed by atoms with E-state index in [0.29, 0.717) is 16.9 Å². The van der Waals surface area contributed by atoms with Gasteiger partial charge in [-0.15, -0.1) is 0 Å². The minimum absolute atomic E-state index is 0.234. The zero-order valence-electron chi connectivity index (χ0n) is 11.3. The molecule has 102 valence electrons. The average molecular weight is 276 g/mol. The molecule has 2 rings (SSSR count). The number of hydrogen-bond acceptors (Lipinski definition) is 4. The van der Waals surface area contributed by atoms with E-state index < -0.39 is 0 Å². The first-order valence-electron chi connectivity index (χ1n) is 6.22. The summed E-state index contributed by atoms with van der Waals surface area (Å²) in [5.41, 5.74) is 2.21. The number of amides is 1. The van der Waals surface area contributed by atoms with Crippen molar-refractivity contribution in [3.8, 4) is 12.1 Å². The van der Waals surface area contributed by atoms with E-state index in [-0.39, 0.29) is 17.0 Å². The highest BCUT2D eigenvalue weighted by atomic mass is 16.1. The fourth-order valence-corrected chi connectivity index (χ4v) is 1.91. The van der Waals surface area contributed by atoms with Gasteiger partial charge in [0.1, 0.15) is 12.1 Å². The lowest BCUT2D eigenvalue weighted by molar-refractivity contribution is 0.102. The van der Waals surface area contributed by atoms with Crippen molar-refractivity contribution in [1.82, 2.24) is 0 Å². The van der Waals surface area contributed by atoms with E-state index in [9.17, 15) is 4.79 Å². The number of nitrogens with one attached hydrogen (secondary N) is 2. The Morgan fingerprint density at radius 3 is 2.43 bits per heavy atom. The van der Waals surface area contributed by atoms with Crippen molar-refractivity contribution in [1.29, 1.82) is 10.5 Å². The molecule has 0 aliphatic rings. The summed E-state index contributed by atoms with van der Waals surface area (Å²) in [5.74, 6) is -0.284. The second kappa shape index (κ2) is 6.23. The quantitative estimate of drug-likeness (QED) is 0.902. The molecule has 0 spiro atoms. The van der Waals surface area contributed by atoms with Gasteiger partial charge in [-0.05, 0) is 30.3 Å². The third kappa shape index (κ3) is 2.99. The average Bonchev–Trinajstić information content (AvgIpc) is 2.54. The van der Waals surface area contributed by atoms with E-state index >= 15 is 0 Å². The predicted octanol–water partition coefficient (Wildman–Crippen LogP) is 2.72. The van der Waals surface area contributed by atoms with Gasteiger partial charge in [0.25, 0.3) is 5.91 Å². The highest BCUT2D eigenvalue weighted by molar-refractivity contribution is 6.08. The molecule has 2 aromatic rings. The van der Waals surface area contributed by atoms with Crippen LogP contribution in [0.15, 0.2) is 42.5 Å². The molecule has 0 aliphatic heterocycles. The largest absolute Gasteiger partial charge is 0.387 e. The number of rotatable bonds is 3. The van der Waals surface area contributed by atoms with Crippen molar-refractivity contribution < 1.29 is 4.79 Å². The Labute approximate surface area is 122 Å². The third-order valence-electron chi connectivity index (χ3n) is 2.96. The van der Waals surface area contributed by atoms with Crippen molar-refractivity contribution in [3.05, 3.63) is 59.2 Å². The highest BCUT2D eigenvalue weighted by Crippen LogP contribution is 2.18. The Morgan fingerprint density at radius 1 is 1.05 bits per heavy atom. The zero-order chi connectivity index (χ0) is 15.2. The summed E-state index contributed by atoms with van der Waals surface area (Å²) in [6, 6.07) is 15.6. The fraction of sp³-hybridized carbons (Fsp3) is 0.0625. The number of nitriles is 2. The van der Waals surface area contributed by atoms with Crippen molar-refractivity contribution in [2.75, 3.05) is 17.7 Å². The number of carbonyl (C=O) groups excluding carboxylic acids is 1. The number of benzene rings is 2. The Balaban J connectivity index is 2.29. The van der Waals surface area contributed by atoms with Gasteiger partial charge in [0.15, 0.2) is 0 Å². The maximum absolute atomic E-state index is 12.2. The van der Waals surface area contributed by atoms with Crippen LogP contribution in [0.2, 0.25) is 0 Å². The summed E-state index contributed by atoms with van der Waals surface area (Å²) in [4.78, 5) is 12.2. The Morgan fingerprint density at radius 2 is 1.76 bits per heavy atom. The summed E-state index contributed by atoms with van der Waals surface area (Å²) in [6.07, 6.45) is 0. The van der Waals surface area contributed by atoms with Gasteiger partial charge in [0.05, 0.1) is 16.7 Å². The summed E-state index contributed by atoms with van der Waals surface area (Å²) in [6.45, 7) is 0. The Kier molecular flexibility index (Phi) is 4.18. The monoisotopic (exact) mass is 276 g/mol. The van der Waals surface area contributed by atoms with E-state index in [2.05, 4.69) is 10.6 Å². The number of nitrogens with zero attached hydrogens (tertiary/aromatic N) is 2. The molecule has 0 saturated heterocycles. The van der Waals surface area contributed by atoms with Gasteiger partial charge in [0, 0.05) is 18.4 Å². The van der Waals surface area contributed by atoms with Gasteiger partial charge < -0.3 is 10.6 Å². The van der Waals surface area contributed by atoms with Gasteiger partial charge in [0.2, 0.25) is 0 Å². The third-order valence-corrected chi connectivity index (χ3v) is 2.96. The molecular weight excluding hydrogens is 264 g/mol. The molecule has 2 aromatic carbocycles. The van der Waals surface area contributed by atoms with E-state index in [4.69, 9.17) is 10.5 Å². The van der Waals surface area contributed by atoms with E-state index in [1.807, 2.05) is 18.2 Å². The minimum atomic E-state index is -0.284. The molecule has 0 heterocycles.